The smallest absolute Gasteiger partial charge is 0.342 e. The highest BCUT2D eigenvalue weighted by molar-refractivity contribution is 6.07. The number of aromatic nitrogens is 1. The molecular weight excluding hydrogens is 381 g/mol. The lowest BCUT2D eigenvalue weighted by molar-refractivity contribution is 0.0695. The van der Waals surface area contributed by atoms with Gasteiger partial charge < -0.3 is 20.9 Å². The van der Waals surface area contributed by atoms with Crippen LogP contribution in [-0.2, 0) is 6.54 Å². The van der Waals surface area contributed by atoms with Crippen molar-refractivity contribution in [3.63, 3.8) is 0 Å². The van der Waals surface area contributed by atoms with Gasteiger partial charge in [0.2, 0.25) is 0 Å². The normalized spacial score (nSPS) is 17.2. The fourth-order valence-electron chi connectivity index (χ4n) is 3.78. The second-order valence-corrected chi connectivity index (χ2v) is 7.22. The third-order valence-electron chi connectivity index (χ3n) is 5.33. The fraction of sp³-hybridized carbons (Fsp3) is 0.350. The maximum Gasteiger partial charge on any atom is 0.342 e. The zero-order valence-electron chi connectivity index (χ0n) is 15.9. The lowest BCUT2D eigenvalue weighted by atomic mass is 9.94. The molecule has 1 fully saturated rings. The van der Waals surface area contributed by atoms with E-state index in [1.165, 1.54) is 12.1 Å². The minimum absolute atomic E-state index is 0.0365. The molecule has 0 spiro atoms. The van der Waals surface area contributed by atoms with Crippen LogP contribution < -0.4 is 11.3 Å². The minimum atomic E-state index is -1.63. The first-order chi connectivity index (χ1) is 13.7. The second-order valence-electron chi connectivity index (χ2n) is 7.22. The van der Waals surface area contributed by atoms with Crippen LogP contribution >= 0.6 is 0 Å². The summed E-state index contributed by atoms with van der Waals surface area (Å²) in [4.78, 5) is 39.5. The van der Waals surface area contributed by atoms with Gasteiger partial charge in [-0.05, 0) is 37.9 Å². The number of piperidine rings is 1. The third kappa shape index (κ3) is 4.00. The number of hydrogen-bond acceptors (Lipinski definition) is 5. The van der Waals surface area contributed by atoms with Crippen molar-refractivity contribution >= 4 is 17.8 Å². The number of H-pyrrole nitrogens is 1. The number of nitrogens with one attached hydrogen (secondary N) is 1. The van der Waals surface area contributed by atoms with E-state index in [-0.39, 0.29) is 5.56 Å². The molecule has 0 bridgehead atoms. The molecule has 29 heavy (non-hydrogen) atoms. The number of aromatic carboxylic acids is 2. The van der Waals surface area contributed by atoms with Gasteiger partial charge >= 0.3 is 11.9 Å². The van der Waals surface area contributed by atoms with Crippen LogP contribution in [0.4, 0.5) is 10.2 Å². The van der Waals surface area contributed by atoms with E-state index in [2.05, 4.69) is 11.8 Å². The average molecular weight is 403 g/mol. The quantitative estimate of drug-likeness (QED) is 0.602. The van der Waals surface area contributed by atoms with Gasteiger partial charge in [-0.1, -0.05) is 18.6 Å². The lowest BCUT2D eigenvalue weighted by Crippen LogP contribution is -2.36. The van der Waals surface area contributed by atoms with E-state index in [4.69, 9.17) is 5.73 Å². The first-order valence-corrected chi connectivity index (χ1v) is 9.26. The molecule has 154 valence electrons. The number of halogens is 1. The van der Waals surface area contributed by atoms with Gasteiger partial charge in [0.25, 0.3) is 5.56 Å². The lowest BCUT2D eigenvalue weighted by Gasteiger charge is -2.33. The molecule has 0 radical (unpaired) electrons. The number of carboxylic acids is 2. The summed E-state index contributed by atoms with van der Waals surface area (Å²) in [5.41, 5.74) is 3.13. The molecule has 1 unspecified atom stereocenters. The Balaban J connectivity index is 2.10. The first-order valence-electron chi connectivity index (χ1n) is 9.26. The maximum atomic E-state index is 14.8. The number of anilines is 1. The van der Waals surface area contributed by atoms with Gasteiger partial charge in [0.1, 0.15) is 22.8 Å². The molecule has 1 aromatic heterocycles. The second kappa shape index (κ2) is 8.04. The molecule has 3 rings (SSSR count). The molecule has 1 aromatic carbocycles. The number of nitrogens with zero attached hydrogens (tertiary/aromatic N) is 1. The Labute approximate surface area is 165 Å². The van der Waals surface area contributed by atoms with E-state index in [0.29, 0.717) is 18.2 Å². The molecule has 5 N–H and O–H groups in total. The molecule has 1 saturated heterocycles. The van der Waals surface area contributed by atoms with E-state index in [0.717, 1.165) is 31.9 Å². The predicted octanol–water partition coefficient (Wildman–Crippen LogP) is 2.53. The molecule has 2 heterocycles. The molecular formula is C20H22FN3O5. The highest BCUT2D eigenvalue weighted by atomic mass is 19.1. The molecule has 8 nitrogen and oxygen atoms in total. The highest BCUT2D eigenvalue weighted by Crippen LogP contribution is 2.31. The van der Waals surface area contributed by atoms with Crippen molar-refractivity contribution in [3.8, 4) is 11.1 Å². The Bertz CT molecular complexity index is 1030. The van der Waals surface area contributed by atoms with Gasteiger partial charge in [-0.15, -0.1) is 0 Å². The van der Waals surface area contributed by atoms with E-state index in [9.17, 15) is 29.0 Å². The Morgan fingerprint density at radius 3 is 2.52 bits per heavy atom. The largest absolute Gasteiger partial charge is 0.478 e. The number of nitrogen functional groups attached to an aromatic ring is 1. The fourth-order valence-corrected chi connectivity index (χ4v) is 3.78. The van der Waals surface area contributed by atoms with E-state index in [1.807, 2.05) is 4.98 Å². The number of carbonyl (C=O) groups is 2. The molecule has 0 saturated carbocycles. The van der Waals surface area contributed by atoms with Crippen LogP contribution in [0.3, 0.4) is 0 Å². The molecule has 1 atom stereocenters. The summed E-state index contributed by atoms with van der Waals surface area (Å²) in [5, 5.41) is 18.9. The van der Waals surface area contributed by atoms with Crippen LogP contribution in [0, 0.1) is 5.82 Å². The first kappa shape index (κ1) is 20.5. The van der Waals surface area contributed by atoms with Gasteiger partial charge in [0.15, 0.2) is 0 Å². The molecule has 2 aromatic rings. The average Bonchev–Trinajstić information content (AvgIpc) is 2.63. The van der Waals surface area contributed by atoms with Crippen molar-refractivity contribution in [2.24, 2.45) is 0 Å². The van der Waals surface area contributed by atoms with Crippen LogP contribution in [-0.4, -0.2) is 44.6 Å². The third-order valence-corrected chi connectivity index (χ3v) is 5.33. The van der Waals surface area contributed by atoms with Crippen molar-refractivity contribution in [1.82, 2.24) is 9.88 Å². The summed E-state index contributed by atoms with van der Waals surface area (Å²) in [5.74, 6) is -4.25. The topological polar surface area (TPSA) is 137 Å². The minimum Gasteiger partial charge on any atom is -0.478 e. The molecule has 1 aliphatic heterocycles. The zero-order chi connectivity index (χ0) is 21.3. The van der Waals surface area contributed by atoms with Gasteiger partial charge in [-0.2, -0.15) is 0 Å². The van der Waals surface area contributed by atoms with Gasteiger partial charge in [-0.25, -0.2) is 14.0 Å². The van der Waals surface area contributed by atoms with Crippen LogP contribution in [0.5, 0.6) is 0 Å². The van der Waals surface area contributed by atoms with Crippen molar-refractivity contribution < 1.29 is 24.2 Å². The number of hydrogen-bond donors (Lipinski definition) is 4. The number of likely N-dealkylation sites (tertiary alicyclic amines) is 1. The molecule has 0 aliphatic carbocycles. The van der Waals surface area contributed by atoms with E-state index >= 15 is 0 Å². The number of aromatic amines is 1. The Kier molecular flexibility index (Phi) is 5.69. The number of pyridine rings is 1. The summed E-state index contributed by atoms with van der Waals surface area (Å²) in [6.07, 6.45) is 3.22. The van der Waals surface area contributed by atoms with Crippen LogP contribution in [0.2, 0.25) is 0 Å². The summed E-state index contributed by atoms with van der Waals surface area (Å²) < 4.78 is 14.8. The molecule has 9 heteroatoms. The van der Waals surface area contributed by atoms with Crippen molar-refractivity contribution in [2.75, 3.05) is 12.3 Å². The maximum absolute atomic E-state index is 14.8. The predicted molar refractivity (Wildman–Crippen MR) is 105 cm³/mol. The van der Waals surface area contributed by atoms with Crippen molar-refractivity contribution in [1.29, 1.82) is 0 Å². The molecule has 1 aliphatic rings. The van der Waals surface area contributed by atoms with Crippen molar-refractivity contribution in [3.05, 3.63) is 51.1 Å². The Morgan fingerprint density at radius 2 is 1.93 bits per heavy atom. The highest BCUT2D eigenvalue weighted by Gasteiger charge is 2.27. The SMILES string of the molecule is CC1CCCCN1Cc1ccc(-c2c(C(=O)O)c(N)[nH]c(=O)c2C(=O)O)cc1F. The molecule has 0 amide bonds. The summed E-state index contributed by atoms with van der Waals surface area (Å²) in [7, 11) is 0. The monoisotopic (exact) mass is 403 g/mol. The summed E-state index contributed by atoms with van der Waals surface area (Å²) in [6, 6.07) is 4.28. The summed E-state index contributed by atoms with van der Waals surface area (Å²) in [6.45, 7) is 3.34. The Morgan fingerprint density at radius 1 is 1.24 bits per heavy atom. The van der Waals surface area contributed by atoms with Gasteiger partial charge in [0.05, 0.1) is 0 Å². The number of nitrogens with two attached hydrogens (primary N) is 1. The number of benzene rings is 1. The number of rotatable bonds is 5. The summed E-state index contributed by atoms with van der Waals surface area (Å²) >= 11 is 0. The van der Waals surface area contributed by atoms with Crippen LogP contribution in [0.1, 0.15) is 52.5 Å². The zero-order valence-corrected chi connectivity index (χ0v) is 15.9. The van der Waals surface area contributed by atoms with E-state index < -0.39 is 45.8 Å². The van der Waals surface area contributed by atoms with Crippen molar-refractivity contribution in [2.45, 2.75) is 38.8 Å². The van der Waals surface area contributed by atoms with Gasteiger partial charge in [-0.3, -0.25) is 9.69 Å². The van der Waals surface area contributed by atoms with Gasteiger partial charge in [0, 0.05) is 23.7 Å². The standard InChI is InChI=1S/C20H22FN3O5/c1-10-4-2-3-7-24(10)9-12-6-5-11(8-13(12)21)14-15(19(26)27)17(22)23-18(25)16(14)20(28)29/h5-6,8,10H,2-4,7,9H2,1H3,(H,26,27)(H,28,29)(H3,22,23,25). The van der Waals surface area contributed by atoms with Crippen LogP contribution in [0.25, 0.3) is 11.1 Å². The van der Waals surface area contributed by atoms with Crippen LogP contribution in [0.15, 0.2) is 23.0 Å². The Hall–Kier alpha value is -3.20. The number of carboxylic acid groups (broad SMARTS) is 2. The van der Waals surface area contributed by atoms with E-state index in [1.54, 1.807) is 0 Å².